The highest BCUT2D eigenvalue weighted by Crippen LogP contribution is 2.26. The van der Waals surface area contributed by atoms with Crippen molar-refractivity contribution in [3.8, 4) is 33.6 Å². The third-order valence-electron chi connectivity index (χ3n) is 11.4. The van der Waals surface area contributed by atoms with Gasteiger partial charge in [-0.3, -0.25) is 24.0 Å². The number of hydrogen-bond donors (Lipinski definition) is 5. The molecule has 3 atom stereocenters. The minimum Gasteiger partial charge on any atom is -0.381 e. The van der Waals surface area contributed by atoms with Gasteiger partial charge in [0.2, 0.25) is 11.7 Å². The number of aryl methyl sites for hydroxylation is 4. The van der Waals surface area contributed by atoms with Gasteiger partial charge in [-0.1, -0.05) is 145 Å². The van der Waals surface area contributed by atoms with E-state index in [1.165, 1.54) is 4.68 Å². The highest BCUT2D eigenvalue weighted by Gasteiger charge is 2.29. The predicted molar refractivity (Wildman–Crippen MR) is 269 cm³/mol. The lowest BCUT2D eigenvalue weighted by Crippen LogP contribution is -2.50. The van der Waals surface area contributed by atoms with E-state index in [0.29, 0.717) is 22.8 Å². The Balaban J connectivity index is 0.000000206. The smallest absolute Gasteiger partial charge is 0.287 e. The van der Waals surface area contributed by atoms with Gasteiger partial charge in [-0.15, -0.1) is 0 Å². The fourth-order valence-corrected chi connectivity index (χ4v) is 8.01. The van der Waals surface area contributed by atoms with Gasteiger partial charge in [0.15, 0.2) is 6.10 Å². The number of primary amides is 2. The molecule has 2 heterocycles. The number of benzene rings is 6. The molecule has 7 N–H and O–H groups in total. The van der Waals surface area contributed by atoms with Gasteiger partial charge in [0.1, 0.15) is 17.4 Å². The van der Waals surface area contributed by atoms with Gasteiger partial charge in [-0.25, -0.2) is 9.36 Å². The van der Waals surface area contributed by atoms with Crippen molar-refractivity contribution in [3.63, 3.8) is 0 Å². The lowest BCUT2D eigenvalue weighted by Gasteiger charge is -2.22. The third kappa shape index (κ3) is 12.4. The van der Waals surface area contributed by atoms with E-state index in [9.17, 15) is 29.1 Å². The Bertz CT molecular complexity index is 3160. The molecule has 0 aliphatic carbocycles. The average molecular weight is 935 g/mol. The quantitative estimate of drug-likeness (QED) is 0.0641. The normalized spacial score (nSPS) is 12.1. The molecule has 0 saturated heterocycles. The molecular weight excluding hydrogens is 881 g/mol. The molecule has 1 unspecified atom stereocenters. The zero-order chi connectivity index (χ0) is 49.9. The van der Waals surface area contributed by atoms with Crippen LogP contribution in [0.3, 0.4) is 0 Å². The summed E-state index contributed by atoms with van der Waals surface area (Å²) in [4.78, 5) is 62.5. The van der Waals surface area contributed by atoms with E-state index >= 15 is 0 Å². The number of nitrogens with one attached hydrogen (secondary N) is 2. The molecule has 14 nitrogen and oxygen atoms in total. The van der Waals surface area contributed by atoms with E-state index in [1.54, 1.807) is 30.7 Å². The minimum absolute atomic E-state index is 0.143. The van der Waals surface area contributed by atoms with Gasteiger partial charge in [0.05, 0.1) is 28.8 Å². The molecular formula is C56H54N8O6. The number of nitrogens with two attached hydrogens (primary N) is 2. The van der Waals surface area contributed by atoms with Crippen molar-refractivity contribution in [2.75, 3.05) is 0 Å². The minimum atomic E-state index is -1.54. The van der Waals surface area contributed by atoms with Crippen molar-refractivity contribution < 1.29 is 29.1 Å². The van der Waals surface area contributed by atoms with Gasteiger partial charge in [0, 0.05) is 6.42 Å². The fourth-order valence-electron chi connectivity index (χ4n) is 8.01. The van der Waals surface area contributed by atoms with Crippen LogP contribution >= 0.6 is 0 Å². The van der Waals surface area contributed by atoms with Gasteiger partial charge in [-0.05, 0) is 104 Å². The number of aromatic nitrogens is 4. The maximum Gasteiger partial charge on any atom is 0.287 e. The average Bonchev–Trinajstić information content (AvgIpc) is 3.96. The molecule has 8 aromatic rings. The highest BCUT2D eigenvalue weighted by atomic mass is 16.3. The number of rotatable bonds is 16. The van der Waals surface area contributed by atoms with Crippen molar-refractivity contribution in [3.05, 3.63) is 215 Å². The van der Waals surface area contributed by atoms with Crippen LogP contribution in [0, 0.1) is 27.7 Å². The van der Waals surface area contributed by atoms with Crippen LogP contribution in [0.4, 0.5) is 0 Å². The molecule has 354 valence electrons. The Hall–Kier alpha value is -8.75. The maximum atomic E-state index is 13.3. The van der Waals surface area contributed by atoms with Crippen LogP contribution in [-0.4, -0.2) is 72.3 Å². The van der Waals surface area contributed by atoms with E-state index < -0.39 is 47.6 Å². The molecule has 0 aliphatic rings. The van der Waals surface area contributed by atoms with E-state index in [1.807, 2.05) is 159 Å². The molecule has 0 saturated carbocycles. The number of nitrogens with zero attached hydrogens (tertiary/aromatic N) is 4. The number of carbonyl (C=O) groups is 5. The van der Waals surface area contributed by atoms with Crippen molar-refractivity contribution in [2.24, 2.45) is 11.5 Å². The second kappa shape index (κ2) is 22.4. The van der Waals surface area contributed by atoms with Crippen LogP contribution in [0.15, 0.2) is 170 Å². The number of carbonyl (C=O) groups excluding carboxylic acids is 5. The molecule has 0 spiro atoms. The van der Waals surface area contributed by atoms with Gasteiger partial charge in [0.25, 0.3) is 17.7 Å². The molecule has 8 rings (SSSR count). The topological polar surface area (TPSA) is 217 Å². The van der Waals surface area contributed by atoms with Crippen molar-refractivity contribution in [1.29, 1.82) is 0 Å². The first-order valence-electron chi connectivity index (χ1n) is 22.6. The Morgan fingerprint density at radius 1 is 0.514 bits per heavy atom. The summed E-state index contributed by atoms with van der Waals surface area (Å²) in [5.74, 6) is -3.84. The molecule has 4 amide bonds. The highest BCUT2D eigenvalue weighted by molar-refractivity contribution is 6.38. The van der Waals surface area contributed by atoms with Gasteiger partial charge >= 0.3 is 0 Å². The molecule has 0 radical (unpaired) electrons. The summed E-state index contributed by atoms with van der Waals surface area (Å²) in [6.45, 7) is 7.66. The number of aliphatic hydroxyl groups excluding tert-OH is 1. The van der Waals surface area contributed by atoms with Crippen molar-refractivity contribution in [1.82, 2.24) is 30.2 Å². The Kier molecular flexibility index (Phi) is 15.7. The lowest BCUT2D eigenvalue weighted by molar-refractivity contribution is -0.137. The first kappa shape index (κ1) is 49.2. The molecule has 2 aromatic heterocycles. The van der Waals surface area contributed by atoms with E-state index in [4.69, 9.17) is 11.5 Å². The van der Waals surface area contributed by atoms with Crippen LogP contribution in [0.5, 0.6) is 0 Å². The molecule has 0 aliphatic heterocycles. The largest absolute Gasteiger partial charge is 0.381 e. The Labute approximate surface area is 406 Å². The summed E-state index contributed by atoms with van der Waals surface area (Å²) in [6.07, 6.45) is -1.15. The number of aliphatic hydroxyl groups is 1. The molecule has 14 heteroatoms. The van der Waals surface area contributed by atoms with Crippen LogP contribution in [0.1, 0.15) is 54.6 Å². The van der Waals surface area contributed by atoms with Crippen LogP contribution in [-0.2, 0) is 27.2 Å². The monoisotopic (exact) mass is 934 g/mol. The predicted octanol–water partition coefficient (Wildman–Crippen LogP) is 6.90. The third-order valence-corrected chi connectivity index (χ3v) is 11.4. The Morgan fingerprint density at radius 2 is 0.929 bits per heavy atom. The second-order valence-corrected chi connectivity index (χ2v) is 17.1. The zero-order valence-corrected chi connectivity index (χ0v) is 39.2. The zero-order valence-electron chi connectivity index (χ0n) is 39.2. The van der Waals surface area contributed by atoms with E-state index in [0.717, 1.165) is 50.2 Å². The second-order valence-electron chi connectivity index (χ2n) is 17.1. The van der Waals surface area contributed by atoms with Crippen molar-refractivity contribution >= 4 is 29.4 Å². The lowest BCUT2D eigenvalue weighted by atomic mass is 10.0. The summed E-state index contributed by atoms with van der Waals surface area (Å²) in [5, 5.41) is 24.9. The summed E-state index contributed by atoms with van der Waals surface area (Å²) in [6, 6.07) is 51.5. The van der Waals surface area contributed by atoms with Crippen LogP contribution in [0.2, 0.25) is 0 Å². The summed E-state index contributed by atoms with van der Waals surface area (Å²) in [5.41, 5.74) is 21.9. The van der Waals surface area contributed by atoms with Gasteiger partial charge < -0.3 is 27.2 Å². The number of amides is 4. The van der Waals surface area contributed by atoms with Gasteiger partial charge in [-0.2, -0.15) is 10.2 Å². The SMILES string of the molecule is Cc1cccc(-c2cccc(-n3nc(C)cc3C(=O)N[C@@H](Cc3ccccc3)C(=O)C(N)=O)c2)c1.Cc1cccc(-c2cccc(-n3nc(C)cc3C(=O)N[C@@H](Cc3ccccc3)C(O)C(N)=O)c2)c1. The summed E-state index contributed by atoms with van der Waals surface area (Å²) >= 11 is 0. The van der Waals surface area contributed by atoms with Crippen LogP contribution < -0.4 is 22.1 Å². The standard InChI is InChI=1S/C28H28N4O3.C28H26N4O3/c2*1-18-8-6-11-21(14-18)22-12-7-13-23(17-22)32-25(15-19(2)31-32)28(35)30-24(26(33)27(29)34)16-20-9-4-3-5-10-20/h3-15,17,24,26,33H,16H2,1-2H3,(H2,29,34)(H,30,35);3-15,17,24H,16H2,1-2H3,(H2,29,34)(H,30,35)/t24-,26?;24-/m00/s1. The summed E-state index contributed by atoms with van der Waals surface area (Å²) in [7, 11) is 0. The fraction of sp³-hybridized carbons (Fsp3) is 0.161. The maximum absolute atomic E-state index is 13.3. The molecule has 0 bridgehead atoms. The number of Topliss-reactive ketones (excluding diaryl/α,β-unsaturated/α-hetero) is 1. The van der Waals surface area contributed by atoms with E-state index in [2.05, 4.69) is 33.0 Å². The number of ketones is 1. The summed E-state index contributed by atoms with van der Waals surface area (Å²) < 4.78 is 3.11. The van der Waals surface area contributed by atoms with E-state index in [-0.39, 0.29) is 18.5 Å². The first-order chi connectivity index (χ1) is 33.6. The molecule has 6 aromatic carbocycles. The Morgan fingerprint density at radius 3 is 1.36 bits per heavy atom. The van der Waals surface area contributed by atoms with Crippen LogP contribution in [0.25, 0.3) is 33.6 Å². The number of hydrogen-bond acceptors (Lipinski definition) is 8. The molecule has 70 heavy (non-hydrogen) atoms. The first-order valence-corrected chi connectivity index (χ1v) is 22.6. The van der Waals surface area contributed by atoms with Crippen molar-refractivity contribution in [2.45, 2.75) is 58.7 Å². The molecule has 0 fully saturated rings.